The highest BCUT2D eigenvalue weighted by atomic mass is 79.9. The van der Waals surface area contributed by atoms with Gasteiger partial charge in [0.05, 0.1) is 5.56 Å². The molecule has 108 valence electrons. The number of halogens is 2. The van der Waals surface area contributed by atoms with E-state index in [4.69, 9.17) is 5.73 Å². The molecule has 1 unspecified atom stereocenters. The molecule has 0 bridgehead atoms. The molecule has 0 fully saturated rings. The van der Waals surface area contributed by atoms with Crippen molar-refractivity contribution in [2.45, 2.75) is 12.5 Å². The first-order valence-corrected chi connectivity index (χ1v) is 7.46. The van der Waals surface area contributed by atoms with Crippen LogP contribution >= 0.6 is 15.9 Å². The average molecular weight is 349 g/mol. The summed E-state index contributed by atoms with van der Waals surface area (Å²) in [6.07, 6.45) is 0.721. The summed E-state index contributed by atoms with van der Waals surface area (Å²) in [7, 11) is 0. The Bertz CT molecular complexity index is 684. The van der Waals surface area contributed by atoms with E-state index in [1.54, 1.807) is 17.0 Å². The molecule has 5 heteroatoms. The Hall–Kier alpha value is -1.72. The van der Waals surface area contributed by atoms with Crippen LogP contribution in [0.5, 0.6) is 0 Å². The Morgan fingerprint density at radius 3 is 2.76 bits per heavy atom. The number of rotatable bonds is 1. The van der Waals surface area contributed by atoms with Gasteiger partial charge in [0.25, 0.3) is 5.91 Å². The van der Waals surface area contributed by atoms with Gasteiger partial charge in [-0.05, 0) is 46.1 Å². The van der Waals surface area contributed by atoms with E-state index in [2.05, 4.69) is 15.9 Å². The van der Waals surface area contributed by atoms with E-state index in [-0.39, 0.29) is 17.5 Å². The number of fused-ring (bicyclic) bond motifs is 1. The third kappa shape index (κ3) is 2.59. The second-order valence-corrected chi connectivity index (χ2v) is 5.96. The minimum absolute atomic E-state index is 0.0430. The molecule has 21 heavy (non-hydrogen) atoms. The van der Waals surface area contributed by atoms with Crippen LogP contribution in [-0.2, 0) is 6.42 Å². The van der Waals surface area contributed by atoms with Crippen molar-refractivity contribution in [1.29, 1.82) is 0 Å². The molecule has 3 nitrogen and oxygen atoms in total. The van der Waals surface area contributed by atoms with Crippen LogP contribution in [-0.4, -0.2) is 18.5 Å². The molecule has 1 aliphatic heterocycles. The normalized spacial score (nSPS) is 17.5. The summed E-state index contributed by atoms with van der Waals surface area (Å²) in [5.41, 5.74) is 7.89. The van der Waals surface area contributed by atoms with Crippen LogP contribution in [0.15, 0.2) is 46.9 Å². The van der Waals surface area contributed by atoms with E-state index in [1.807, 2.05) is 24.3 Å². The molecule has 3 rings (SSSR count). The molecule has 0 saturated carbocycles. The van der Waals surface area contributed by atoms with Crippen molar-refractivity contribution in [3.8, 4) is 0 Å². The van der Waals surface area contributed by atoms with Gasteiger partial charge in [-0.1, -0.05) is 24.3 Å². The van der Waals surface area contributed by atoms with Gasteiger partial charge in [0, 0.05) is 22.7 Å². The molecule has 1 atom stereocenters. The Balaban J connectivity index is 2.06. The molecule has 0 aromatic heterocycles. The maximum Gasteiger partial charge on any atom is 0.262 e. The number of anilines is 1. The summed E-state index contributed by atoms with van der Waals surface area (Å²) in [5, 5.41) is 0. The first-order chi connectivity index (χ1) is 10.1. The number of amides is 1. The van der Waals surface area contributed by atoms with E-state index >= 15 is 0 Å². The molecule has 1 heterocycles. The van der Waals surface area contributed by atoms with Crippen molar-refractivity contribution in [2.75, 3.05) is 11.4 Å². The van der Waals surface area contributed by atoms with Crippen LogP contribution in [0.25, 0.3) is 0 Å². The molecule has 2 aromatic carbocycles. The number of carbonyl (C=O) groups excluding carboxylic acids is 1. The summed E-state index contributed by atoms with van der Waals surface area (Å²) in [5.74, 6) is -0.909. The standard InChI is InChI=1S/C16H14BrFN2O/c17-12-5-3-6-13(18)15(12)16(21)20-9-11(19)8-10-4-1-2-7-14(10)20/h1-7,11H,8-9,19H2. The lowest BCUT2D eigenvalue weighted by molar-refractivity contribution is 0.0978. The Morgan fingerprint density at radius 2 is 2.00 bits per heavy atom. The van der Waals surface area contributed by atoms with Crippen LogP contribution in [0.1, 0.15) is 15.9 Å². The minimum Gasteiger partial charge on any atom is -0.326 e. The lowest BCUT2D eigenvalue weighted by Crippen LogP contribution is -2.46. The molecule has 1 amide bonds. The van der Waals surface area contributed by atoms with Crippen molar-refractivity contribution < 1.29 is 9.18 Å². The van der Waals surface area contributed by atoms with Crippen LogP contribution < -0.4 is 10.6 Å². The highest BCUT2D eigenvalue weighted by Crippen LogP contribution is 2.30. The lowest BCUT2D eigenvalue weighted by atomic mass is 9.97. The van der Waals surface area contributed by atoms with Gasteiger partial charge in [0.15, 0.2) is 0 Å². The fraction of sp³-hybridized carbons (Fsp3) is 0.188. The van der Waals surface area contributed by atoms with Crippen LogP contribution in [0.4, 0.5) is 10.1 Å². The fourth-order valence-corrected chi connectivity index (χ4v) is 3.17. The lowest BCUT2D eigenvalue weighted by Gasteiger charge is -2.33. The second-order valence-electron chi connectivity index (χ2n) is 5.11. The van der Waals surface area contributed by atoms with Gasteiger partial charge >= 0.3 is 0 Å². The van der Waals surface area contributed by atoms with Crippen molar-refractivity contribution in [2.24, 2.45) is 5.73 Å². The van der Waals surface area contributed by atoms with E-state index in [0.717, 1.165) is 17.7 Å². The van der Waals surface area contributed by atoms with Crippen LogP contribution in [0, 0.1) is 5.82 Å². The molecule has 2 N–H and O–H groups in total. The number of nitrogens with zero attached hydrogens (tertiary/aromatic N) is 1. The summed E-state index contributed by atoms with van der Waals surface area (Å²) in [6.45, 7) is 0.386. The molecular formula is C16H14BrFN2O. The first-order valence-electron chi connectivity index (χ1n) is 6.67. The number of nitrogens with two attached hydrogens (primary N) is 1. The molecule has 1 aliphatic rings. The van der Waals surface area contributed by atoms with Gasteiger partial charge < -0.3 is 10.6 Å². The van der Waals surface area contributed by atoms with E-state index in [9.17, 15) is 9.18 Å². The van der Waals surface area contributed by atoms with Crippen molar-refractivity contribution in [3.05, 3.63) is 63.9 Å². The Labute approximate surface area is 130 Å². The van der Waals surface area contributed by atoms with E-state index in [1.165, 1.54) is 6.07 Å². The maximum absolute atomic E-state index is 14.0. The largest absolute Gasteiger partial charge is 0.326 e. The zero-order chi connectivity index (χ0) is 15.0. The molecule has 0 saturated heterocycles. The van der Waals surface area contributed by atoms with E-state index in [0.29, 0.717) is 11.0 Å². The van der Waals surface area contributed by atoms with Gasteiger partial charge in [-0.25, -0.2) is 4.39 Å². The third-order valence-electron chi connectivity index (χ3n) is 3.60. The summed E-state index contributed by atoms with van der Waals surface area (Å²) >= 11 is 3.25. The molecule has 0 aliphatic carbocycles. The van der Waals surface area contributed by atoms with Crippen LogP contribution in [0.2, 0.25) is 0 Å². The molecular weight excluding hydrogens is 335 g/mol. The highest BCUT2D eigenvalue weighted by molar-refractivity contribution is 9.10. The van der Waals surface area contributed by atoms with Gasteiger partial charge in [-0.15, -0.1) is 0 Å². The zero-order valence-electron chi connectivity index (χ0n) is 11.2. The molecule has 0 spiro atoms. The van der Waals surface area contributed by atoms with E-state index < -0.39 is 5.82 Å². The maximum atomic E-state index is 14.0. The number of hydrogen-bond acceptors (Lipinski definition) is 2. The summed E-state index contributed by atoms with van der Waals surface area (Å²) in [4.78, 5) is 14.3. The third-order valence-corrected chi connectivity index (χ3v) is 4.26. The molecule has 2 aromatic rings. The van der Waals surface area contributed by atoms with Crippen molar-refractivity contribution in [1.82, 2.24) is 0 Å². The van der Waals surface area contributed by atoms with Crippen molar-refractivity contribution in [3.63, 3.8) is 0 Å². The average Bonchev–Trinajstić information content (AvgIpc) is 2.46. The Morgan fingerprint density at radius 1 is 1.24 bits per heavy atom. The van der Waals surface area contributed by atoms with Gasteiger partial charge in [-0.3, -0.25) is 4.79 Å². The minimum atomic E-state index is -0.536. The number of carbonyl (C=O) groups is 1. The fourth-order valence-electron chi connectivity index (χ4n) is 2.66. The topological polar surface area (TPSA) is 46.3 Å². The number of hydrogen-bond donors (Lipinski definition) is 1. The number of benzene rings is 2. The van der Waals surface area contributed by atoms with Gasteiger partial charge in [0.2, 0.25) is 0 Å². The second kappa shape index (κ2) is 5.58. The zero-order valence-corrected chi connectivity index (χ0v) is 12.8. The monoisotopic (exact) mass is 348 g/mol. The summed E-state index contributed by atoms with van der Waals surface area (Å²) in [6, 6.07) is 12.0. The predicted molar refractivity (Wildman–Crippen MR) is 83.9 cm³/mol. The SMILES string of the molecule is NC1Cc2ccccc2N(C(=O)c2c(F)cccc2Br)C1. The smallest absolute Gasteiger partial charge is 0.262 e. The van der Waals surface area contributed by atoms with Crippen LogP contribution in [0.3, 0.4) is 0 Å². The number of para-hydroxylation sites is 1. The summed E-state index contributed by atoms with van der Waals surface area (Å²) < 4.78 is 14.5. The quantitative estimate of drug-likeness (QED) is 0.860. The van der Waals surface area contributed by atoms with Gasteiger partial charge in [-0.2, -0.15) is 0 Å². The molecule has 0 radical (unpaired) electrons. The van der Waals surface area contributed by atoms with Crippen molar-refractivity contribution >= 4 is 27.5 Å². The predicted octanol–water partition coefficient (Wildman–Crippen LogP) is 3.12. The Kier molecular flexibility index (Phi) is 3.78. The first kappa shape index (κ1) is 14.2. The highest BCUT2D eigenvalue weighted by Gasteiger charge is 2.29. The van der Waals surface area contributed by atoms with Gasteiger partial charge in [0.1, 0.15) is 5.82 Å².